The minimum Gasteiger partial charge on any atom is -0.481 e. The number of carbonyl (C=O) groups excluding carboxylic acids is 2. The molecule has 19 heavy (non-hydrogen) atoms. The fraction of sp³-hybridized carbons (Fsp3) is 0.417. The fourth-order valence-corrected chi connectivity index (χ4v) is 2.15. The molecule has 0 spiro atoms. The number of rotatable bonds is 4. The Kier molecular flexibility index (Phi) is 3.55. The number of amides is 2. The van der Waals surface area contributed by atoms with Crippen molar-refractivity contribution in [3.63, 3.8) is 0 Å². The molecule has 1 unspecified atom stereocenters. The molecule has 7 nitrogen and oxygen atoms in total. The monoisotopic (exact) mass is 266 g/mol. The Morgan fingerprint density at radius 2 is 2.21 bits per heavy atom. The van der Waals surface area contributed by atoms with Crippen LogP contribution < -0.4 is 5.73 Å². The van der Waals surface area contributed by atoms with Crippen molar-refractivity contribution in [2.24, 2.45) is 11.7 Å². The molecule has 1 aliphatic rings. The lowest BCUT2D eigenvalue weighted by atomic mass is 10.1. The summed E-state index contributed by atoms with van der Waals surface area (Å²) in [5.74, 6) is -2.03. The molecule has 3 N–H and O–H groups in total. The van der Waals surface area contributed by atoms with Gasteiger partial charge in [0.1, 0.15) is 12.2 Å². The van der Waals surface area contributed by atoms with Crippen molar-refractivity contribution in [2.75, 3.05) is 13.1 Å². The number of carbonyl (C=O) groups is 3. The highest BCUT2D eigenvalue weighted by Gasteiger charge is 2.31. The largest absolute Gasteiger partial charge is 0.481 e. The molecule has 0 radical (unpaired) electrons. The van der Waals surface area contributed by atoms with Crippen molar-refractivity contribution >= 4 is 17.8 Å². The van der Waals surface area contributed by atoms with Gasteiger partial charge in [-0.15, -0.1) is 0 Å². The molecule has 1 aromatic heterocycles. The number of carboxylic acids is 1. The van der Waals surface area contributed by atoms with E-state index in [4.69, 9.17) is 15.3 Å². The summed E-state index contributed by atoms with van der Waals surface area (Å²) in [5.41, 5.74) is 5.43. The number of nitrogens with two attached hydrogens (primary N) is 1. The molecule has 2 heterocycles. The topological polar surface area (TPSA) is 114 Å². The van der Waals surface area contributed by atoms with Crippen molar-refractivity contribution in [1.29, 1.82) is 0 Å². The average molecular weight is 266 g/mol. The summed E-state index contributed by atoms with van der Waals surface area (Å²) in [6.07, 6.45) is 1.47. The van der Waals surface area contributed by atoms with Crippen LogP contribution in [0, 0.1) is 5.92 Å². The molecule has 1 atom stereocenters. The molecular weight excluding hydrogens is 252 g/mol. The molecule has 1 aliphatic heterocycles. The van der Waals surface area contributed by atoms with Gasteiger partial charge in [0, 0.05) is 13.1 Å². The van der Waals surface area contributed by atoms with Gasteiger partial charge < -0.3 is 20.2 Å². The van der Waals surface area contributed by atoms with E-state index >= 15 is 0 Å². The maximum atomic E-state index is 12.2. The van der Waals surface area contributed by atoms with Gasteiger partial charge in [-0.2, -0.15) is 0 Å². The van der Waals surface area contributed by atoms with Crippen LogP contribution in [0.3, 0.4) is 0 Å². The Bertz CT molecular complexity index is 522. The molecule has 0 aromatic carbocycles. The van der Waals surface area contributed by atoms with Gasteiger partial charge in [-0.25, -0.2) is 0 Å². The number of primary amides is 1. The van der Waals surface area contributed by atoms with Gasteiger partial charge in [0.05, 0.1) is 17.7 Å². The highest BCUT2D eigenvalue weighted by atomic mass is 16.4. The molecule has 1 aromatic rings. The number of likely N-dealkylation sites (tertiary alicyclic amines) is 1. The van der Waals surface area contributed by atoms with Crippen molar-refractivity contribution in [3.8, 4) is 0 Å². The van der Waals surface area contributed by atoms with E-state index in [1.807, 2.05) is 0 Å². The first kappa shape index (κ1) is 13.1. The Morgan fingerprint density at radius 1 is 1.47 bits per heavy atom. The quantitative estimate of drug-likeness (QED) is 0.786. The van der Waals surface area contributed by atoms with E-state index in [0.717, 1.165) is 0 Å². The third kappa shape index (κ3) is 2.75. The number of hydrogen-bond donors (Lipinski definition) is 2. The maximum absolute atomic E-state index is 12.2. The zero-order valence-corrected chi connectivity index (χ0v) is 10.2. The predicted octanol–water partition coefficient (Wildman–Crippen LogP) is -0.146. The lowest BCUT2D eigenvalue weighted by Crippen LogP contribution is -2.32. The Hall–Kier alpha value is -2.31. The van der Waals surface area contributed by atoms with E-state index < -0.39 is 11.9 Å². The summed E-state index contributed by atoms with van der Waals surface area (Å²) in [7, 11) is 0. The van der Waals surface area contributed by atoms with Crippen LogP contribution in [0.5, 0.6) is 0 Å². The second-order valence-corrected chi connectivity index (χ2v) is 4.47. The molecule has 0 saturated carbocycles. The van der Waals surface area contributed by atoms with Gasteiger partial charge in [0.15, 0.2) is 0 Å². The van der Waals surface area contributed by atoms with Crippen LogP contribution in [-0.2, 0) is 16.0 Å². The molecule has 2 amide bonds. The zero-order valence-electron chi connectivity index (χ0n) is 10.2. The first-order valence-corrected chi connectivity index (χ1v) is 5.85. The van der Waals surface area contributed by atoms with Gasteiger partial charge in [0.25, 0.3) is 5.91 Å². The molecule has 1 fully saturated rings. The molecule has 1 saturated heterocycles. The summed E-state index contributed by atoms with van der Waals surface area (Å²) in [5, 5.41) is 8.73. The van der Waals surface area contributed by atoms with E-state index in [1.165, 1.54) is 17.2 Å². The SMILES string of the molecule is NC(=O)C1CCN(C(=O)c2ccoc2CC(=O)O)C1. The van der Waals surface area contributed by atoms with E-state index in [1.54, 1.807) is 0 Å². The summed E-state index contributed by atoms with van der Waals surface area (Å²) >= 11 is 0. The lowest BCUT2D eigenvalue weighted by molar-refractivity contribution is -0.136. The predicted molar refractivity (Wildman–Crippen MR) is 63.3 cm³/mol. The summed E-state index contributed by atoms with van der Waals surface area (Å²) < 4.78 is 5.01. The van der Waals surface area contributed by atoms with Crippen LogP contribution >= 0.6 is 0 Å². The molecular formula is C12H14N2O5. The van der Waals surface area contributed by atoms with Crippen LogP contribution in [0.1, 0.15) is 22.5 Å². The van der Waals surface area contributed by atoms with Gasteiger partial charge in [0.2, 0.25) is 5.91 Å². The number of aliphatic carboxylic acids is 1. The first-order chi connectivity index (χ1) is 8.99. The Labute approximate surface area is 109 Å². The zero-order chi connectivity index (χ0) is 14.0. The van der Waals surface area contributed by atoms with Gasteiger partial charge in [-0.3, -0.25) is 14.4 Å². The summed E-state index contributed by atoms with van der Waals surface area (Å²) in [6, 6.07) is 1.44. The van der Waals surface area contributed by atoms with Gasteiger partial charge in [-0.1, -0.05) is 0 Å². The smallest absolute Gasteiger partial charge is 0.311 e. The third-order valence-electron chi connectivity index (χ3n) is 3.17. The minimum absolute atomic E-state index is 0.125. The van der Waals surface area contributed by atoms with E-state index in [2.05, 4.69) is 0 Å². The fourth-order valence-electron chi connectivity index (χ4n) is 2.15. The number of carboxylic acid groups (broad SMARTS) is 1. The van der Waals surface area contributed by atoms with Crippen molar-refractivity contribution in [1.82, 2.24) is 4.90 Å². The lowest BCUT2D eigenvalue weighted by Gasteiger charge is -2.15. The Balaban J connectivity index is 2.10. The highest BCUT2D eigenvalue weighted by Crippen LogP contribution is 2.21. The van der Waals surface area contributed by atoms with E-state index in [0.29, 0.717) is 13.0 Å². The van der Waals surface area contributed by atoms with Crippen LogP contribution in [0.15, 0.2) is 16.7 Å². The number of nitrogens with zero attached hydrogens (tertiary/aromatic N) is 1. The summed E-state index contributed by atoms with van der Waals surface area (Å²) in [6.45, 7) is 0.704. The normalized spacial score (nSPS) is 18.5. The van der Waals surface area contributed by atoms with Gasteiger partial charge in [-0.05, 0) is 12.5 Å². The second kappa shape index (κ2) is 5.13. The number of hydrogen-bond acceptors (Lipinski definition) is 4. The molecule has 0 aliphatic carbocycles. The van der Waals surface area contributed by atoms with Crippen LogP contribution in [0.25, 0.3) is 0 Å². The first-order valence-electron chi connectivity index (χ1n) is 5.85. The number of furan rings is 1. The standard InChI is InChI=1S/C12H14N2O5/c13-11(17)7-1-3-14(6-7)12(18)8-2-4-19-9(8)5-10(15)16/h2,4,7H,1,3,5-6H2,(H2,13,17)(H,15,16). The molecule has 102 valence electrons. The van der Waals surface area contributed by atoms with Crippen LogP contribution in [0.4, 0.5) is 0 Å². The maximum Gasteiger partial charge on any atom is 0.311 e. The van der Waals surface area contributed by atoms with Crippen LogP contribution in [0.2, 0.25) is 0 Å². The molecule has 0 bridgehead atoms. The van der Waals surface area contributed by atoms with E-state index in [-0.39, 0.29) is 36.1 Å². The molecule has 2 rings (SSSR count). The second-order valence-electron chi connectivity index (χ2n) is 4.47. The van der Waals surface area contributed by atoms with Gasteiger partial charge >= 0.3 is 5.97 Å². The van der Waals surface area contributed by atoms with Crippen molar-refractivity contribution < 1.29 is 23.9 Å². The average Bonchev–Trinajstić information content (AvgIpc) is 2.95. The van der Waals surface area contributed by atoms with E-state index in [9.17, 15) is 14.4 Å². The highest BCUT2D eigenvalue weighted by molar-refractivity contribution is 5.96. The van der Waals surface area contributed by atoms with Crippen molar-refractivity contribution in [2.45, 2.75) is 12.8 Å². The molecule has 7 heteroatoms. The van der Waals surface area contributed by atoms with Crippen LogP contribution in [-0.4, -0.2) is 40.9 Å². The third-order valence-corrected chi connectivity index (χ3v) is 3.17. The summed E-state index contributed by atoms with van der Waals surface area (Å²) in [4.78, 5) is 35.4. The minimum atomic E-state index is -1.07. The Morgan fingerprint density at radius 3 is 2.79 bits per heavy atom. The van der Waals surface area contributed by atoms with Crippen molar-refractivity contribution in [3.05, 3.63) is 23.7 Å².